The van der Waals surface area contributed by atoms with Gasteiger partial charge in [0.05, 0.1) is 12.2 Å². The summed E-state index contributed by atoms with van der Waals surface area (Å²) in [7, 11) is 0. The molecule has 0 saturated carbocycles. The fourth-order valence-electron chi connectivity index (χ4n) is 2.76. The molecule has 21 heavy (non-hydrogen) atoms. The van der Waals surface area contributed by atoms with Gasteiger partial charge in [-0.05, 0) is 44.0 Å². The molecule has 3 nitrogen and oxygen atoms in total. The van der Waals surface area contributed by atoms with Gasteiger partial charge in [0.1, 0.15) is 12.4 Å². The molecule has 0 spiro atoms. The van der Waals surface area contributed by atoms with E-state index in [1.807, 2.05) is 24.3 Å². The molecule has 0 N–H and O–H groups in total. The Morgan fingerprint density at radius 2 is 2.10 bits per heavy atom. The highest BCUT2D eigenvalue weighted by Crippen LogP contribution is 2.23. The lowest BCUT2D eigenvalue weighted by atomic mass is 10.1. The number of nitrogens with zero attached hydrogens (tertiary/aromatic N) is 1. The number of rotatable bonds is 6. The van der Waals surface area contributed by atoms with Crippen LogP contribution in [0.15, 0.2) is 30.9 Å². The SMILES string of the molecule is C=CCc1cc(Cl)ccc1OCCN1C[C@@H](C)O[C@@H](C)C1. The number of allylic oxidation sites excluding steroid dienone is 1. The van der Waals surface area contributed by atoms with E-state index in [2.05, 4.69) is 25.3 Å². The maximum atomic E-state index is 6.03. The Bertz CT molecular complexity index is 468. The quantitative estimate of drug-likeness (QED) is 0.750. The number of halogens is 1. The van der Waals surface area contributed by atoms with Crippen LogP contribution in [-0.2, 0) is 11.2 Å². The van der Waals surface area contributed by atoms with Crippen LogP contribution in [0.5, 0.6) is 5.75 Å². The maximum absolute atomic E-state index is 6.03. The summed E-state index contributed by atoms with van der Waals surface area (Å²) in [6.07, 6.45) is 3.21. The first-order valence-corrected chi connectivity index (χ1v) is 7.86. The lowest BCUT2D eigenvalue weighted by molar-refractivity contribution is -0.0699. The predicted octanol–water partition coefficient (Wildman–Crippen LogP) is 3.56. The first-order chi connectivity index (χ1) is 10.1. The zero-order valence-electron chi connectivity index (χ0n) is 12.8. The summed E-state index contributed by atoms with van der Waals surface area (Å²) in [5, 5.41) is 0.732. The van der Waals surface area contributed by atoms with E-state index in [0.29, 0.717) is 18.8 Å². The van der Waals surface area contributed by atoms with Crippen LogP contribution >= 0.6 is 11.6 Å². The van der Waals surface area contributed by atoms with Gasteiger partial charge in [0, 0.05) is 24.7 Å². The number of hydrogen-bond acceptors (Lipinski definition) is 3. The molecule has 0 bridgehead atoms. The molecule has 0 aromatic heterocycles. The van der Waals surface area contributed by atoms with Crippen molar-refractivity contribution in [2.45, 2.75) is 32.5 Å². The third-order valence-electron chi connectivity index (χ3n) is 3.55. The van der Waals surface area contributed by atoms with Crippen LogP contribution < -0.4 is 4.74 Å². The largest absolute Gasteiger partial charge is 0.492 e. The number of benzene rings is 1. The molecule has 0 amide bonds. The normalized spacial score (nSPS) is 23.0. The van der Waals surface area contributed by atoms with E-state index in [1.165, 1.54) is 0 Å². The van der Waals surface area contributed by atoms with Gasteiger partial charge in [0.2, 0.25) is 0 Å². The van der Waals surface area contributed by atoms with Crippen molar-refractivity contribution in [1.82, 2.24) is 4.90 Å². The van der Waals surface area contributed by atoms with E-state index in [4.69, 9.17) is 21.1 Å². The minimum atomic E-state index is 0.292. The summed E-state index contributed by atoms with van der Waals surface area (Å²) in [4.78, 5) is 2.39. The van der Waals surface area contributed by atoms with Gasteiger partial charge in [-0.25, -0.2) is 0 Å². The molecular weight excluding hydrogens is 286 g/mol. The van der Waals surface area contributed by atoms with Crippen molar-refractivity contribution in [3.8, 4) is 5.75 Å². The summed E-state index contributed by atoms with van der Waals surface area (Å²) >= 11 is 6.03. The fourth-order valence-corrected chi connectivity index (χ4v) is 2.95. The predicted molar refractivity (Wildman–Crippen MR) is 87.3 cm³/mol. The van der Waals surface area contributed by atoms with Gasteiger partial charge in [0.25, 0.3) is 0 Å². The molecule has 2 atom stereocenters. The summed E-state index contributed by atoms with van der Waals surface area (Å²) in [6, 6.07) is 5.74. The lowest BCUT2D eigenvalue weighted by Crippen LogP contribution is -2.46. The minimum absolute atomic E-state index is 0.292. The van der Waals surface area contributed by atoms with Crippen LogP contribution in [0.25, 0.3) is 0 Å². The molecule has 1 saturated heterocycles. The van der Waals surface area contributed by atoms with Crippen molar-refractivity contribution in [3.05, 3.63) is 41.4 Å². The van der Waals surface area contributed by atoms with E-state index >= 15 is 0 Å². The summed E-state index contributed by atoms with van der Waals surface area (Å²) in [5.74, 6) is 0.897. The van der Waals surface area contributed by atoms with Crippen molar-refractivity contribution in [3.63, 3.8) is 0 Å². The monoisotopic (exact) mass is 309 g/mol. The Hall–Kier alpha value is -1.03. The zero-order chi connectivity index (χ0) is 15.2. The van der Waals surface area contributed by atoms with Crippen LogP contribution in [0.2, 0.25) is 5.02 Å². The highest BCUT2D eigenvalue weighted by molar-refractivity contribution is 6.30. The second kappa shape index (κ2) is 7.83. The molecule has 0 radical (unpaired) electrons. The van der Waals surface area contributed by atoms with Gasteiger partial charge >= 0.3 is 0 Å². The van der Waals surface area contributed by atoms with Gasteiger partial charge < -0.3 is 9.47 Å². The van der Waals surface area contributed by atoms with Crippen LogP contribution in [0, 0.1) is 0 Å². The Morgan fingerprint density at radius 1 is 1.38 bits per heavy atom. The fraction of sp³-hybridized carbons (Fsp3) is 0.529. The highest BCUT2D eigenvalue weighted by Gasteiger charge is 2.21. The van der Waals surface area contributed by atoms with Gasteiger partial charge in [-0.2, -0.15) is 0 Å². The molecule has 1 heterocycles. The summed E-state index contributed by atoms with van der Waals surface area (Å²) in [5.41, 5.74) is 1.08. The molecule has 2 rings (SSSR count). The Labute approximate surface area is 132 Å². The lowest BCUT2D eigenvalue weighted by Gasteiger charge is -2.35. The molecule has 1 aromatic rings. The Balaban J connectivity index is 1.87. The average Bonchev–Trinajstić information content (AvgIpc) is 2.40. The van der Waals surface area contributed by atoms with Gasteiger partial charge in [-0.1, -0.05) is 17.7 Å². The van der Waals surface area contributed by atoms with Crippen LogP contribution in [0.1, 0.15) is 19.4 Å². The van der Waals surface area contributed by atoms with Crippen molar-refractivity contribution < 1.29 is 9.47 Å². The van der Waals surface area contributed by atoms with Crippen LogP contribution in [-0.4, -0.2) is 43.3 Å². The van der Waals surface area contributed by atoms with Crippen molar-refractivity contribution in [2.24, 2.45) is 0 Å². The number of morpholine rings is 1. The Morgan fingerprint density at radius 3 is 2.76 bits per heavy atom. The number of hydrogen-bond donors (Lipinski definition) is 0. The second-order valence-corrected chi connectivity index (χ2v) is 6.05. The molecule has 1 aromatic carbocycles. The summed E-state index contributed by atoms with van der Waals surface area (Å²) < 4.78 is 11.7. The molecular formula is C17H24ClNO2. The standard InChI is InChI=1S/C17H24ClNO2/c1-4-5-15-10-16(18)6-7-17(15)20-9-8-19-11-13(2)21-14(3)12-19/h4,6-7,10,13-14H,1,5,8-9,11-12H2,2-3H3/t13-,14+. The van der Waals surface area contributed by atoms with Crippen molar-refractivity contribution in [2.75, 3.05) is 26.2 Å². The van der Waals surface area contributed by atoms with E-state index in [-0.39, 0.29) is 0 Å². The van der Waals surface area contributed by atoms with Crippen molar-refractivity contribution in [1.29, 1.82) is 0 Å². The first-order valence-electron chi connectivity index (χ1n) is 7.48. The van der Waals surface area contributed by atoms with Crippen molar-refractivity contribution >= 4 is 11.6 Å². The topological polar surface area (TPSA) is 21.7 Å². The highest BCUT2D eigenvalue weighted by atomic mass is 35.5. The molecule has 1 fully saturated rings. The third-order valence-corrected chi connectivity index (χ3v) is 3.78. The van der Waals surface area contributed by atoms with E-state index in [9.17, 15) is 0 Å². The van der Waals surface area contributed by atoms with Crippen LogP contribution in [0.4, 0.5) is 0 Å². The minimum Gasteiger partial charge on any atom is -0.492 e. The second-order valence-electron chi connectivity index (χ2n) is 5.61. The summed E-state index contributed by atoms with van der Waals surface area (Å²) in [6.45, 7) is 11.5. The number of ether oxygens (including phenoxy) is 2. The molecule has 4 heteroatoms. The average molecular weight is 310 g/mol. The first kappa shape index (κ1) is 16.3. The van der Waals surface area contributed by atoms with E-state index in [0.717, 1.165) is 42.4 Å². The van der Waals surface area contributed by atoms with Gasteiger partial charge in [-0.15, -0.1) is 6.58 Å². The van der Waals surface area contributed by atoms with Crippen LogP contribution in [0.3, 0.4) is 0 Å². The maximum Gasteiger partial charge on any atom is 0.122 e. The third kappa shape index (κ3) is 5.03. The molecule has 116 valence electrons. The molecule has 1 aliphatic heterocycles. The molecule has 0 aliphatic carbocycles. The Kier molecular flexibility index (Phi) is 6.09. The van der Waals surface area contributed by atoms with E-state index < -0.39 is 0 Å². The van der Waals surface area contributed by atoms with Gasteiger partial charge in [-0.3, -0.25) is 4.90 Å². The molecule has 1 aliphatic rings. The smallest absolute Gasteiger partial charge is 0.122 e. The molecule has 0 unspecified atom stereocenters. The van der Waals surface area contributed by atoms with Gasteiger partial charge in [0.15, 0.2) is 0 Å². The van der Waals surface area contributed by atoms with E-state index in [1.54, 1.807) is 0 Å². The zero-order valence-corrected chi connectivity index (χ0v) is 13.6.